The minimum absolute atomic E-state index is 0.261. The first-order chi connectivity index (χ1) is 8.76. The summed E-state index contributed by atoms with van der Waals surface area (Å²) in [4.78, 5) is 28.1. The first-order valence-electron chi connectivity index (χ1n) is 6.09. The lowest BCUT2D eigenvalue weighted by Gasteiger charge is -2.20. The van der Waals surface area contributed by atoms with E-state index in [1.165, 1.54) is 0 Å². The van der Waals surface area contributed by atoms with Crippen molar-refractivity contribution in [2.45, 2.75) is 39.7 Å². The summed E-state index contributed by atoms with van der Waals surface area (Å²) in [5.74, 6) is -0.286. The maximum Gasteiger partial charge on any atom is 0.262 e. The van der Waals surface area contributed by atoms with Crippen LogP contribution in [0.2, 0.25) is 0 Å². The van der Waals surface area contributed by atoms with Crippen LogP contribution in [0.5, 0.6) is 5.75 Å². The van der Waals surface area contributed by atoms with Crippen molar-refractivity contribution in [2.75, 3.05) is 0 Å². The van der Waals surface area contributed by atoms with E-state index in [0.717, 1.165) is 5.56 Å². The summed E-state index contributed by atoms with van der Waals surface area (Å²) in [5, 5.41) is 2.70. The fraction of sp³-hybridized carbons (Fsp3) is 0.429. The Morgan fingerprint density at radius 3 is 2.47 bits per heavy atom. The van der Waals surface area contributed by atoms with Gasteiger partial charge in [0.1, 0.15) is 6.42 Å². The predicted molar refractivity (Wildman–Crippen MR) is 72.5 cm³/mol. The Morgan fingerprint density at radius 1 is 1.21 bits per heavy atom. The van der Waals surface area contributed by atoms with E-state index < -0.39 is 5.91 Å². The molecule has 0 spiro atoms. The SMILES string of the molecule is Cc1cccc(ONC(=O)CC(=O)NC(C)(C)C)c1. The second-order valence-electron chi connectivity index (χ2n) is 5.42. The molecule has 5 nitrogen and oxygen atoms in total. The molecule has 0 atom stereocenters. The van der Waals surface area contributed by atoms with E-state index in [4.69, 9.17) is 4.84 Å². The molecule has 1 rings (SSSR count). The Hall–Kier alpha value is -2.04. The summed E-state index contributed by atoms with van der Waals surface area (Å²) < 4.78 is 0. The zero-order valence-corrected chi connectivity index (χ0v) is 11.7. The van der Waals surface area contributed by atoms with E-state index in [1.807, 2.05) is 39.8 Å². The van der Waals surface area contributed by atoms with E-state index in [0.29, 0.717) is 5.75 Å². The topological polar surface area (TPSA) is 67.4 Å². The molecule has 5 heteroatoms. The summed E-state index contributed by atoms with van der Waals surface area (Å²) in [6.45, 7) is 7.48. The Balaban J connectivity index is 2.38. The number of aryl methyl sites for hydroxylation is 1. The number of carbonyl (C=O) groups excluding carboxylic acids is 2. The molecule has 2 amide bonds. The fourth-order valence-corrected chi connectivity index (χ4v) is 1.44. The molecule has 0 fully saturated rings. The smallest absolute Gasteiger partial charge is 0.262 e. The first kappa shape index (κ1) is 15.0. The Bertz CT molecular complexity index is 464. The van der Waals surface area contributed by atoms with Gasteiger partial charge in [-0.05, 0) is 45.4 Å². The minimum atomic E-state index is -0.483. The van der Waals surface area contributed by atoms with Crippen molar-refractivity contribution in [1.82, 2.24) is 10.8 Å². The molecule has 0 radical (unpaired) electrons. The van der Waals surface area contributed by atoms with E-state index in [2.05, 4.69) is 10.8 Å². The van der Waals surface area contributed by atoms with Crippen molar-refractivity contribution in [3.63, 3.8) is 0 Å². The Morgan fingerprint density at radius 2 is 1.89 bits per heavy atom. The predicted octanol–water partition coefficient (Wildman–Crippen LogP) is 1.71. The molecule has 0 aliphatic heterocycles. The number of benzene rings is 1. The molecule has 0 saturated carbocycles. The van der Waals surface area contributed by atoms with Crippen molar-refractivity contribution in [3.8, 4) is 5.75 Å². The van der Waals surface area contributed by atoms with Crippen LogP contribution in [-0.4, -0.2) is 17.4 Å². The molecule has 19 heavy (non-hydrogen) atoms. The van der Waals surface area contributed by atoms with Crippen molar-refractivity contribution >= 4 is 11.8 Å². The van der Waals surface area contributed by atoms with Gasteiger partial charge in [-0.3, -0.25) is 9.59 Å². The largest absolute Gasteiger partial charge is 0.380 e. The lowest BCUT2D eigenvalue weighted by molar-refractivity contribution is -0.134. The summed E-state index contributed by atoms with van der Waals surface area (Å²) in [6, 6.07) is 7.26. The molecule has 2 N–H and O–H groups in total. The number of hydrogen-bond donors (Lipinski definition) is 2. The zero-order valence-electron chi connectivity index (χ0n) is 11.7. The average molecular weight is 264 g/mol. The van der Waals surface area contributed by atoms with Gasteiger partial charge < -0.3 is 10.2 Å². The van der Waals surface area contributed by atoms with Gasteiger partial charge in [0.25, 0.3) is 5.91 Å². The van der Waals surface area contributed by atoms with E-state index in [9.17, 15) is 9.59 Å². The maximum absolute atomic E-state index is 11.5. The first-order valence-corrected chi connectivity index (χ1v) is 6.09. The fourth-order valence-electron chi connectivity index (χ4n) is 1.44. The van der Waals surface area contributed by atoms with Gasteiger partial charge in [-0.15, -0.1) is 0 Å². The molecular formula is C14H20N2O3. The van der Waals surface area contributed by atoms with Gasteiger partial charge in [0.15, 0.2) is 5.75 Å². The number of carbonyl (C=O) groups is 2. The highest BCUT2D eigenvalue weighted by Gasteiger charge is 2.16. The second-order valence-corrected chi connectivity index (χ2v) is 5.42. The number of amides is 2. The molecule has 0 bridgehead atoms. The molecule has 0 aromatic heterocycles. The van der Waals surface area contributed by atoms with Crippen LogP contribution < -0.4 is 15.6 Å². The van der Waals surface area contributed by atoms with Crippen LogP contribution in [0.4, 0.5) is 0 Å². The third kappa shape index (κ3) is 6.45. The third-order valence-corrected chi connectivity index (χ3v) is 2.11. The Labute approximate surface area is 113 Å². The number of rotatable bonds is 4. The second kappa shape index (κ2) is 6.22. The Kier molecular flexibility index (Phi) is 4.92. The van der Waals surface area contributed by atoms with Crippen LogP contribution in [0.1, 0.15) is 32.8 Å². The normalized spacial score (nSPS) is 10.7. The minimum Gasteiger partial charge on any atom is -0.380 e. The lowest BCUT2D eigenvalue weighted by atomic mass is 10.1. The van der Waals surface area contributed by atoms with Crippen LogP contribution in [0.25, 0.3) is 0 Å². The molecule has 104 valence electrons. The quantitative estimate of drug-likeness (QED) is 0.642. The van der Waals surface area contributed by atoms with Crippen LogP contribution in [-0.2, 0) is 9.59 Å². The highest BCUT2D eigenvalue weighted by Crippen LogP contribution is 2.11. The van der Waals surface area contributed by atoms with Crippen molar-refractivity contribution in [2.24, 2.45) is 0 Å². The van der Waals surface area contributed by atoms with E-state index in [1.54, 1.807) is 12.1 Å². The van der Waals surface area contributed by atoms with Crippen LogP contribution in [0.3, 0.4) is 0 Å². The van der Waals surface area contributed by atoms with Gasteiger partial charge >= 0.3 is 0 Å². The van der Waals surface area contributed by atoms with Gasteiger partial charge in [-0.25, -0.2) is 0 Å². The highest BCUT2D eigenvalue weighted by molar-refractivity contribution is 5.96. The molecular weight excluding hydrogens is 244 g/mol. The maximum atomic E-state index is 11.5. The monoisotopic (exact) mass is 264 g/mol. The molecule has 1 aromatic carbocycles. The van der Waals surface area contributed by atoms with Crippen molar-refractivity contribution < 1.29 is 14.4 Å². The van der Waals surface area contributed by atoms with Crippen LogP contribution >= 0.6 is 0 Å². The lowest BCUT2D eigenvalue weighted by Crippen LogP contribution is -2.43. The molecule has 0 heterocycles. The standard InChI is InChI=1S/C14H20N2O3/c1-10-6-5-7-11(8-10)19-16-13(18)9-12(17)15-14(2,3)4/h5-8H,9H2,1-4H3,(H,15,17)(H,16,18). The number of nitrogens with one attached hydrogen (secondary N) is 2. The highest BCUT2D eigenvalue weighted by atomic mass is 16.7. The number of hydroxylamine groups is 1. The van der Waals surface area contributed by atoms with Crippen LogP contribution in [0, 0.1) is 6.92 Å². The molecule has 1 aromatic rings. The molecule has 0 saturated heterocycles. The summed E-state index contributed by atoms with van der Waals surface area (Å²) in [6.07, 6.45) is -0.261. The van der Waals surface area contributed by atoms with Gasteiger partial charge in [0.2, 0.25) is 5.91 Å². The summed E-state index contributed by atoms with van der Waals surface area (Å²) in [7, 11) is 0. The van der Waals surface area contributed by atoms with Crippen molar-refractivity contribution in [1.29, 1.82) is 0 Å². The molecule has 0 unspecified atom stereocenters. The zero-order chi connectivity index (χ0) is 14.5. The van der Waals surface area contributed by atoms with Gasteiger partial charge in [0, 0.05) is 5.54 Å². The summed E-state index contributed by atoms with van der Waals surface area (Å²) in [5.41, 5.74) is 2.92. The number of hydrogen-bond acceptors (Lipinski definition) is 3. The third-order valence-electron chi connectivity index (χ3n) is 2.11. The van der Waals surface area contributed by atoms with Gasteiger partial charge in [0.05, 0.1) is 0 Å². The van der Waals surface area contributed by atoms with Crippen molar-refractivity contribution in [3.05, 3.63) is 29.8 Å². The van der Waals surface area contributed by atoms with E-state index >= 15 is 0 Å². The van der Waals surface area contributed by atoms with Gasteiger partial charge in [-0.1, -0.05) is 12.1 Å². The van der Waals surface area contributed by atoms with Gasteiger partial charge in [-0.2, -0.15) is 5.48 Å². The molecule has 0 aliphatic rings. The van der Waals surface area contributed by atoms with Crippen LogP contribution in [0.15, 0.2) is 24.3 Å². The molecule has 0 aliphatic carbocycles. The van der Waals surface area contributed by atoms with E-state index in [-0.39, 0.29) is 17.9 Å². The average Bonchev–Trinajstić information content (AvgIpc) is 2.23. The summed E-state index contributed by atoms with van der Waals surface area (Å²) >= 11 is 0.